The summed E-state index contributed by atoms with van der Waals surface area (Å²) in [7, 11) is 0. The van der Waals surface area contributed by atoms with Crippen LogP contribution in [0, 0.1) is 5.92 Å². The fourth-order valence-corrected chi connectivity index (χ4v) is 2.73. The fourth-order valence-electron chi connectivity index (χ4n) is 2.73. The van der Waals surface area contributed by atoms with E-state index in [1.165, 1.54) is 5.56 Å². The molecule has 1 atom stereocenters. The number of aliphatic carboxylic acids is 1. The highest BCUT2D eigenvalue weighted by atomic mass is 35.5. The quantitative estimate of drug-likeness (QED) is 0.870. The van der Waals surface area contributed by atoms with Crippen LogP contribution < -0.4 is 0 Å². The second-order valence-corrected chi connectivity index (χ2v) is 5.65. The summed E-state index contributed by atoms with van der Waals surface area (Å²) in [4.78, 5) is 17.4. The third-order valence-electron chi connectivity index (χ3n) is 3.97. The van der Waals surface area contributed by atoms with Crippen LogP contribution in [0.1, 0.15) is 23.7 Å². The van der Waals surface area contributed by atoms with Crippen molar-refractivity contribution in [2.45, 2.75) is 25.8 Å². The van der Waals surface area contributed by atoms with Crippen LogP contribution in [-0.4, -0.2) is 39.2 Å². The zero-order chi connectivity index (χ0) is 15.4. The van der Waals surface area contributed by atoms with Crippen molar-refractivity contribution in [3.8, 4) is 0 Å². The molecule has 0 bridgehead atoms. The molecule has 1 aromatic heterocycles. The number of hydrogen-bond donors (Lipinski definition) is 1. The Morgan fingerprint density at radius 1 is 1.30 bits per heavy atom. The number of benzene rings is 1. The van der Waals surface area contributed by atoms with Gasteiger partial charge in [0, 0.05) is 13.0 Å². The molecule has 0 radical (unpaired) electrons. The first-order valence-corrected chi connectivity index (χ1v) is 7.51. The molecule has 1 unspecified atom stereocenters. The number of halogens is 1. The molecular weight excluding hydrogens is 318 g/mol. The molecule has 3 rings (SSSR count). The Morgan fingerprint density at radius 3 is 2.78 bits per heavy atom. The molecule has 2 aromatic rings. The molecule has 23 heavy (non-hydrogen) atoms. The number of carboxylic acid groups (broad SMARTS) is 1. The molecule has 0 spiro atoms. The Labute approximate surface area is 140 Å². The SMILES string of the molecule is Cl.O=C(O)C1CCN(Cc2nc(CCc3ccccc3)no2)C1. The van der Waals surface area contributed by atoms with Crippen LogP contribution in [0.4, 0.5) is 0 Å². The third kappa shape index (κ3) is 4.77. The van der Waals surface area contributed by atoms with Gasteiger partial charge in [0.05, 0.1) is 12.5 Å². The normalized spacial score (nSPS) is 17.8. The molecule has 0 amide bonds. The van der Waals surface area contributed by atoms with E-state index in [1.54, 1.807) is 0 Å². The lowest BCUT2D eigenvalue weighted by Crippen LogP contribution is -2.22. The molecule has 1 aliphatic rings. The van der Waals surface area contributed by atoms with Gasteiger partial charge in [-0.05, 0) is 24.9 Å². The van der Waals surface area contributed by atoms with Crippen LogP contribution in [-0.2, 0) is 24.2 Å². The Morgan fingerprint density at radius 2 is 2.09 bits per heavy atom. The maximum atomic E-state index is 10.9. The van der Waals surface area contributed by atoms with Crippen molar-refractivity contribution in [1.82, 2.24) is 15.0 Å². The highest BCUT2D eigenvalue weighted by molar-refractivity contribution is 5.85. The van der Waals surface area contributed by atoms with Crippen molar-refractivity contribution >= 4 is 18.4 Å². The summed E-state index contributed by atoms with van der Waals surface area (Å²) in [6.45, 7) is 1.85. The van der Waals surface area contributed by atoms with E-state index >= 15 is 0 Å². The second-order valence-electron chi connectivity index (χ2n) is 5.65. The van der Waals surface area contributed by atoms with Crippen molar-refractivity contribution in [2.24, 2.45) is 5.92 Å². The van der Waals surface area contributed by atoms with Crippen molar-refractivity contribution in [1.29, 1.82) is 0 Å². The molecular formula is C16H20ClN3O3. The maximum Gasteiger partial charge on any atom is 0.307 e. The van der Waals surface area contributed by atoms with E-state index in [4.69, 9.17) is 9.63 Å². The zero-order valence-electron chi connectivity index (χ0n) is 12.7. The first-order valence-electron chi connectivity index (χ1n) is 7.51. The molecule has 0 saturated carbocycles. The van der Waals surface area contributed by atoms with Gasteiger partial charge in [-0.3, -0.25) is 9.69 Å². The van der Waals surface area contributed by atoms with Gasteiger partial charge in [0.25, 0.3) is 0 Å². The number of rotatable bonds is 6. The lowest BCUT2D eigenvalue weighted by molar-refractivity contribution is -0.141. The third-order valence-corrected chi connectivity index (χ3v) is 3.97. The average molecular weight is 338 g/mol. The number of aryl methyl sites for hydroxylation is 2. The lowest BCUT2D eigenvalue weighted by atomic mass is 10.1. The van der Waals surface area contributed by atoms with E-state index in [0.717, 1.165) is 19.4 Å². The summed E-state index contributed by atoms with van der Waals surface area (Å²) < 4.78 is 5.26. The highest BCUT2D eigenvalue weighted by Gasteiger charge is 2.28. The molecule has 1 aliphatic heterocycles. The van der Waals surface area contributed by atoms with E-state index in [0.29, 0.717) is 31.2 Å². The molecule has 1 aromatic carbocycles. The van der Waals surface area contributed by atoms with Crippen LogP contribution >= 0.6 is 12.4 Å². The molecule has 0 aliphatic carbocycles. The van der Waals surface area contributed by atoms with Gasteiger partial charge in [-0.2, -0.15) is 4.98 Å². The van der Waals surface area contributed by atoms with Crippen molar-refractivity contribution in [2.75, 3.05) is 13.1 Å². The van der Waals surface area contributed by atoms with Gasteiger partial charge in [0.1, 0.15) is 0 Å². The van der Waals surface area contributed by atoms with Gasteiger partial charge >= 0.3 is 5.97 Å². The fraction of sp³-hybridized carbons (Fsp3) is 0.438. The number of nitrogens with zero attached hydrogens (tertiary/aromatic N) is 3. The van der Waals surface area contributed by atoms with Gasteiger partial charge in [0.2, 0.25) is 5.89 Å². The van der Waals surface area contributed by atoms with Gasteiger partial charge in [-0.25, -0.2) is 0 Å². The maximum absolute atomic E-state index is 10.9. The summed E-state index contributed by atoms with van der Waals surface area (Å²) in [5.74, 6) is 0.263. The molecule has 1 saturated heterocycles. The van der Waals surface area contributed by atoms with Crippen LogP contribution in [0.2, 0.25) is 0 Å². The molecule has 1 N–H and O–H groups in total. The van der Waals surface area contributed by atoms with E-state index in [9.17, 15) is 4.79 Å². The van der Waals surface area contributed by atoms with Crippen molar-refractivity contribution < 1.29 is 14.4 Å². The molecule has 1 fully saturated rings. The first kappa shape index (κ1) is 17.4. The van der Waals surface area contributed by atoms with Gasteiger partial charge in [0.15, 0.2) is 5.82 Å². The lowest BCUT2D eigenvalue weighted by Gasteiger charge is -2.11. The first-order chi connectivity index (χ1) is 10.7. The topological polar surface area (TPSA) is 79.5 Å². The summed E-state index contributed by atoms with van der Waals surface area (Å²) in [6, 6.07) is 10.2. The predicted octanol–water partition coefficient (Wildman–Crippen LogP) is 2.18. The zero-order valence-corrected chi connectivity index (χ0v) is 13.5. The Kier molecular flexibility index (Phi) is 6.12. The van der Waals surface area contributed by atoms with Gasteiger partial charge < -0.3 is 9.63 Å². The largest absolute Gasteiger partial charge is 0.481 e. The minimum atomic E-state index is -0.725. The Bertz CT molecular complexity index is 633. The van der Waals surface area contributed by atoms with Crippen molar-refractivity contribution in [3.05, 3.63) is 47.6 Å². The van der Waals surface area contributed by atoms with E-state index in [1.807, 2.05) is 23.1 Å². The number of carbonyl (C=O) groups is 1. The minimum Gasteiger partial charge on any atom is -0.481 e. The monoisotopic (exact) mass is 337 g/mol. The summed E-state index contributed by atoms with van der Waals surface area (Å²) in [6.07, 6.45) is 2.31. The molecule has 7 heteroatoms. The number of aromatic nitrogens is 2. The van der Waals surface area contributed by atoms with E-state index in [-0.39, 0.29) is 18.3 Å². The second kappa shape index (κ2) is 8.08. The Hall–Kier alpha value is -1.92. The number of likely N-dealkylation sites (tertiary alicyclic amines) is 1. The smallest absolute Gasteiger partial charge is 0.307 e. The number of hydrogen-bond acceptors (Lipinski definition) is 5. The van der Waals surface area contributed by atoms with Crippen LogP contribution in [0.15, 0.2) is 34.9 Å². The molecule has 124 valence electrons. The Balaban J connectivity index is 0.00000192. The molecule has 6 nitrogen and oxygen atoms in total. The van der Waals surface area contributed by atoms with E-state index in [2.05, 4.69) is 22.3 Å². The van der Waals surface area contributed by atoms with Gasteiger partial charge in [-0.15, -0.1) is 12.4 Å². The summed E-state index contributed by atoms with van der Waals surface area (Å²) in [5.41, 5.74) is 1.25. The summed E-state index contributed by atoms with van der Waals surface area (Å²) in [5, 5.41) is 13.0. The number of carboxylic acids is 1. The van der Waals surface area contributed by atoms with E-state index < -0.39 is 5.97 Å². The minimum absolute atomic E-state index is 0. The van der Waals surface area contributed by atoms with Gasteiger partial charge in [-0.1, -0.05) is 35.5 Å². The van der Waals surface area contributed by atoms with Crippen LogP contribution in [0.25, 0.3) is 0 Å². The standard InChI is InChI=1S/C16H19N3O3.ClH/c20-16(21)13-8-9-19(10-13)11-15-17-14(18-22-15)7-6-12-4-2-1-3-5-12;/h1-5,13H,6-11H2,(H,20,21);1H. The summed E-state index contributed by atoms with van der Waals surface area (Å²) >= 11 is 0. The molecule has 2 heterocycles. The average Bonchev–Trinajstić information content (AvgIpc) is 3.16. The van der Waals surface area contributed by atoms with Crippen LogP contribution in [0.5, 0.6) is 0 Å². The predicted molar refractivity (Wildman–Crippen MR) is 86.4 cm³/mol. The van der Waals surface area contributed by atoms with Crippen LogP contribution in [0.3, 0.4) is 0 Å². The van der Waals surface area contributed by atoms with Crippen molar-refractivity contribution in [3.63, 3.8) is 0 Å². The highest BCUT2D eigenvalue weighted by Crippen LogP contribution is 2.18.